The normalized spacial score (nSPS) is 17.1. The third-order valence-electron chi connectivity index (χ3n) is 3.82. The molecule has 1 atom stereocenters. The van der Waals surface area contributed by atoms with Crippen LogP contribution in [0.25, 0.3) is 0 Å². The van der Waals surface area contributed by atoms with E-state index in [0.717, 1.165) is 36.3 Å². The standard InChI is InChI=1S/C17H24N2O3/c1-4-6-13-9-12(10-15(21-2)16(13)22-3)11-19-17(20)14-7-5-8-18-14/h4,9-10,14,18H,1,5-8,11H2,2-3H3,(H,19,20). The van der Waals surface area contributed by atoms with E-state index in [-0.39, 0.29) is 11.9 Å². The lowest BCUT2D eigenvalue weighted by molar-refractivity contribution is -0.122. The fourth-order valence-corrected chi connectivity index (χ4v) is 2.74. The van der Waals surface area contributed by atoms with Crippen molar-refractivity contribution in [3.63, 3.8) is 0 Å². The van der Waals surface area contributed by atoms with Crippen LogP contribution in [0.1, 0.15) is 24.0 Å². The van der Waals surface area contributed by atoms with E-state index in [4.69, 9.17) is 9.47 Å². The van der Waals surface area contributed by atoms with Gasteiger partial charge in [-0.2, -0.15) is 0 Å². The monoisotopic (exact) mass is 304 g/mol. The second-order valence-corrected chi connectivity index (χ2v) is 5.35. The Bertz CT molecular complexity index is 537. The van der Waals surface area contributed by atoms with Gasteiger partial charge >= 0.3 is 0 Å². The predicted molar refractivity (Wildman–Crippen MR) is 86.3 cm³/mol. The SMILES string of the molecule is C=CCc1cc(CNC(=O)C2CCCN2)cc(OC)c1OC. The first-order valence-electron chi connectivity index (χ1n) is 7.55. The molecule has 0 spiro atoms. The number of nitrogens with one attached hydrogen (secondary N) is 2. The lowest BCUT2D eigenvalue weighted by atomic mass is 10.1. The fourth-order valence-electron chi connectivity index (χ4n) is 2.74. The third-order valence-corrected chi connectivity index (χ3v) is 3.82. The molecule has 1 heterocycles. The second-order valence-electron chi connectivity index (χ2n) is 5.35. The molecule has 5 heteroatoms. The molecule has 1 amide bonds. The number of methoxy groups -OCH3 is 2. The topological polar surface area (TPSA) is 59.6 Å². The van der Waals surface area contributed by atoms with E-state index in [1.165, 1.54) is 0 Å². The number of benzene rings is 1. The summed E-state index contributed by atoms with van der Waals surface area (Å²) in [4.78, 5) is 12.1. The number of hydrogen-bond donors (Lipinski definition) is 2. The zero-order chi connectivity index (χ0) is 15.9. The van der Waals surface area contributed by atoms with Crippen LogP contribution < -0.4 is 20.1 Å². The molecule has 0 saturated carbocycles. The first kappa shape index (κ1) is 16.4. The summed E-state index contributed by atoms with van der Waals surface area (Å²) >= 11 is 0. The number of ether oxygens (including phenoxy) is 2. The lowest BCUT2D eigenvalue weighted by Crippen LogP contribution is -2.40. The Kier molecular flexibility index (Phi) is 5.83. The first-order chi connectivity index (χ1) is 10.7. The van der Waals surface area contributed by atoms with Gasteiger partial charge in [-0.25, -0.2) is 0 Å². The Morgan fingerprint density at radius 1 is 1.45 bits per heavy atom. The van der Waals surface area contributed by atoms with E-state index >= 15 is 0 Å². The summed E-state index contributed by atoms with van der Waals surface area (Å²) in [6, 6.07) is 3.85. The third kappa shape index (κ3) is 3.80. The van der Waals surface area contributed by atoms with Crippen LogP contribution in [-0.2, 0) is 17.8 Å². The summed E-state index contributed by atoms with van der Waals surface area (Å²) in [7, 11) is 3.23. The maximum absolute atomic E-state index is 12.1. The highest BCUT2D eigenvalue weighted by Crippen LogP contribution is 2.33. The summed E-state index contributed by atoms with van der Waals surface area (Å²) in [6.45, 7) is 5.16. The van der Waals surface area contributed by atoms with Crippen molar-refractivity contribution in [3.05, 3.63) is 35.9 Å². The van der Waals surface area contributed by atoms with Crippen molar-refractivity contribution in [2.75, 3.05) is 20.8 Å². The van der Waals surface area contributed by atoms with Gasteiger partial charge in [-0.05, 0) is 43.5 Å². The molecule has 120 valence electrons. The van der Waals surface area contributed by atoms with Crippen LogP contribution in [0.3, 0.4) is 0 Å². The molecule has 1 saturated heterocycles. The number of amides is 1. The summed E-state index contributed by atoms with van der Waals surface area (Å²) in [5.74, 6) is 1.44. The molecule has 1 aliphatic rings. The minimum Gasteiger partial charge on any atom is -0.493 e. The van der Waals surface area contributed by atoms with Crippen LogP contribution in [0, 0.1) is 0 Å². The van der Waals surface area contributed by atoms with E-state index in [2.05, 4.69) is 17.2 Å². The fraction of sp³-hybridized carbons (Fsp3) is 0.471. The van der Waals surface area contributed by atoms with Gasteiger partial charge in [-0.3, -0.25) is 4.79 Å². The van der Waals surface area contributed by atoms with Crippen molar-refractivity contribution in [3.8, 4) is 11.5 Å². The Balaban J connectivity index is 2.10. The van der Waals surface area contributed by atoms with E-state index in [0.29, 0.717) is 18.7 Å². The molecule has 0 radical (unpaired) electrons. The van der Waals surface area contributed by atoms with Gasteiger partial charge in [0.1, 0.15) is 0 Å². The average Bonchev–Trinajstić information content (AvgIpc) is 3.06. The van der Waals surface area contributed by atoms with Crippen molar-refractivity contribution in [2.45, 2.75) is 31.8 Å². The van der Waals surface area contributed by atoms with E-state index < -0.39 is 0 Å². The number of carbonyl (C=O) groups excluding carboxylic acids is 1. The van der Waals surface area contributed by atoms with Gasteiger partial charge in [0.25, 0.3) is 0 Å². The molecule has 0 aliphatic carbocycles. The van der Waals surface area contributed by atoms with Gasteiger partial charge < -0.3 is 20.1 Å². The number of hydrogen-bond acceptors (Lipinski definition) is 4. The van der Waals surface area contributed by atoms with Crippen LogP contribution in [0.2, 0.25) is 0 Å². The van der Waals surface area contributed by atoms with Crippen LogP contribution >= 0.6 is 0 Å². The molecule has 0 aromatic heterocycles. The molecular weight excluding hydrogens is 280 g/mol. The highest BCUT2D eigenvalue weighted by atomic mass is 16.5. The average molecular weight is 304 g/mol. The maximum atomic E-state index is 12.1. The molecule has 2 rings (SSSR count). The smallest absolute Gasteiger partial charge is 0.237 e. The predicted octanol–water partition coefficient (Wildman–Crippen LogP) is 1.80. The highest BCUT2D eigenvalue weighted by Gasteiger charge is 2.21. The van der Waals surface area contributed by atoms with Crippen molar-refractivity contribution in [2.24, 2.45) is 0 Å². The molecule has 2 N–H and O–H groups in total. The van der Waals surface area contributed by atoms with Gasteiger partial charge in [0.15, 0.2) is 11.5 Å². The molecule has 1 unspecified atom stereocenters. The van der Waals surface area contributed by atoms with Gasteiger partial charge in [0, 0.05) is 12.1 Å². The highest BCUT2D eigenvalue weighted by molar-refractivity contribution is 5.82. The van der Waals surface area contributed by atoms with Gasteiger partial charge in [0.05, 0.1) is 20.3 Å². The quantitative estimate of drug-likeness (QED) is 0.754. The first-order valence-corrected chi connectivity index (χ1v) is 7.55. The molecule has 22 heavy (non-hydrogen) atoms. The molecule has 5 nitrogen and oxygen atoms in total. The Labute approximate surface area is 131 Å². The van der Waals surface area contributed by atoms with E-state index in [9.17, 15) is 4.79 Å². The van der Waals surface area contributed by atoms with Crippen LogP contribution in [0.15, 0.2) is 24.8 Å². The van der Waals surface area contributed by atoms with E-state index in [1.807, 2.05) is 18.2 Å². The molecule has 0 bridgehead atoms. The van der Waals surface area contributed by atoms with Crippen LogP contribution in [0.4, 0.5) is 0 Å². The Hall–Kier alpha value is -2.01. The molecule has 1 fully saturated rings. The van der Waals surface area contributed by atoms with Gasteiger partial charge in [-0.1, -0.05) is 6.08 Å². The zero-order valence-corrected chi connectivity index (χ0v) is 13.3. The zero-order valence-electron chi connectivity index (χ0n) is 13.3. The molecule has 1 aromatic rings. The van der Waals surface area contributed by atoms with Crippen LogP contribution in [0.5, 0.6) is 11.5 Å². The summed E-state index contributed by atoms with van der Waals surface area (Å²) in [6.07, 6.45) is 4.46. The minimum absolute atomic E-state index is 0.0533. The number of carbonyl (C=O) groups is 1. The minimum atomic E-state index is -0.0622. The Morgan fingerprint density at radius 2 is 2.27 bits per heavy atom. The summed E-state index contributed by atoms with van der Waals surface area (Å²) < 4.78 is 10.8. The Morgan fingerprint density at radius 3 is 2.86 bits per heavy atom. The van der Waals surface area contributed by atoms with Gasteiger partial charge in [-0.15, -0.1) is 6.58 Å². The lowest BCUT2D eigenvalue weighted by Gasteiger charge is -2.16. The van der Waals surface area contributed by atoms with Crippen molar-refractivity contribution >= 4 is 5.91 Å². The van der Waals surface area contributed by atoms with E-state index in [1.54, 1.807) is 14.2 Å². The molecular formula is C17H24N2O3. The van der Waals surface area contributed by atoms with Crippen molar-refractivity contribution in [1.29, 1.82) is 0 Å². The van der Waals surface area contributed by atoms with Crippen LogP contribution in [-0.4, -0.2) is 32.7 Å². The maximum Gasteiger partial charge on any atom is 0.237 e. The molecule has 1 aromatic carbocycles. The van der Waals surface area contributed by atoms with Gasteiger partial charge in [0.2, 0.25) is 5.91 Å². The van der Waals surface area contributed by atoms with Crippen molar-refractivity contribution in [1.82, 2.24) is 10.6 Å². The largest absolute Gasteiger partial charge is 0.493 e. The summed E-state index contributed by atoms with van der Waals surface area (Å²) in [5.41, 5.74) is 1.99. The number of rotatable bonds is 7. The summed E-state index contributed by atoms with van der Waals surface area (Å²) in [5, 5.41) is 6.17. The van der Waals surface area contributed by atoms with Crippen molar-refractivity contribution < 1.29 is 14.3 Å². The number of allylic oxidation sites excluding steroid dienone is 1. The second kappa shape index (κ2) is 7.84. The molecule has 1 aliphatic heterocycles.